The summed E-state index contributed by atoms with van der Waals surface area (Å²) < 4.78 is 19.4. The van der Waals surface area contributed by atoms with Gasteiger partial charge in [0.05, 0.1) is 10.0 Å². The molecule has 0 N–H and O–H groups in total. The lowest BCUT2D eigenvalue weighted by Gasteiger charge is -2.21. The summed E-state index contributed by atoms with van der Waals surface area (Å²) in [7, 11) is 0. The minimum absolute atomic E-state index is 0.112. The monoisotopic (exact) mass is 286 g/mol. The molecule has 1 atom stereocenters. The number of ether oxygens (including phenoxy) is 1. The van der Waals surface area contributed by atoms with Crippen LogP contribution in [0.1, 0.15) is 29.6 Å². The molecule has 1 aromatic rings. The Kier molecular flexibility index (Phi) is 3.71. The summed E-state index contributed by atoms with van der Waals surface area (Å²) in [5.41, 5.74) is 0.112. The maximum absolute atomic E-state index is 13.7. The highest BCUT2D eigenvalue weighted by Crippen LogP contribution is 2.23. The molecule has 1 fully saturated rings. The fourth-order valence-corrected chi connectivity index (χ4v) is 2.18. The fourth-order valence-electron chi connectivity index (χ4n) is 1.82. The summed E-state index contributed by atoms with van der Waals surface area (Å²) in [5.74, 6) is -0.750. The molecule has 0 radical (unpaired) electrons. The SMILES string of the molecule is O=C(c1cccc(Br)c1F)C1CCCCO1. The third kappa shape index (κ3) is 2.33. The molecular weight excluding hydrogens is 275 g/mol. The number of hydrogen-bond donors (Lipinski definition) is 0. The largest absolute Gasteiger partial charge is 0.370 e. The molecule has 86 valence electrons. The molecule has 1 heterocycles. The first kappa shape index (κ1) is 11.7. The minimum atomic E-state index is -0.498. The maximum atomic E-state index is 13.7. The smallest absolute Gasteiger partial charge is 0.194 e. The van der Waals surface area contributed by atoms with Crippen molar-refractivity contribution in [3.63, 3.8) is 0 Å². The van der Waals surface area contributed by atoms with Gasteiger partial charge in [-0.3, -0.25) is 4.79 Å². The fraction of sp³-hybridized carbons (Fsp3) is 0.417. The number of carbonyl (C=O) groups excluding carboxylic acids is 1. The van der Waals surface area contributed by atoms with Crippen LogP contribution in [-0.2, 0) is 4.74 Å². The van der Waals surface area contributed by atoms with Gasteiger partial charge < -0.3 is 4.74 Å². The predicted molar refractivity (Wildman–Crippen MR) is 62.0 cm³/mol. The number of Topliss-reactive ketones (excluding diaryl/α,β-unsaturated/α-hetero) is 1. The van der Waals surface area contributed by atoms with E-state index in [1.807, 2.05) is 0 Å². The summed E-state index contributed by atoms with van der Waals surface area (Å²) >= 11 is 3.07. The van der Waals surface area contributed by atoms with Crippen LogP contribution in [0.25, 0.3) is 0 Å². The third-order valence-electron chi connectivity index (χ3n) is 2.69. The van der Waals surface area contributed by atoms with Gasteiger partial charge in [0.25, 0.3) is 0 Å². The molecule has 0 amide bonds. The Morgan fingerprint density at radius 3 is 2.94 bits per heavy atom. The van der Waals surface area contributed by atoms with Gasteiger partial charge in [0.1, 0.15) is 11.9 Å². The van der Waals surface area contributed by atoms with E-state index < -0.39 is 11.9 Å². The molecule has 1 aliphatic rings. The van der Waals surface area contributed by atoms with Gasteiger partial charge in [-0.15, -0.1) is 0 Å². The lowest BCUT2D eigenvalue weighted by molar-refractivity contribution is 0.0183. The number of benzene rings is 1. The first-order valence-electron chi connectivity index (χ1n) is 5.30. The maximum Gasteiger partial charge on any atom is 0.194 e. The first-order valence-corrected chi connectivity index (χ1v) is 6.09. The van der Waals surface area contributed by atoms with E-state index in [1.54, 1.807) is 12.1 Å². The van der Waals surface area contributed by atoms with Crippen molar-refractivity contribution >= 4 is 21.7 Å². The molecular formula is C12H12BrFO2. The van der Waals surface area contributed by atoms with Crippen molar-refractivity contribution in [2.75, 3.05) is 6.61 Å². The molecule has 2 nitrogen and oxygen atoms in total. The molecule has 1 saturated heterocycles. The Bertz CT molecular complexity index is 400. The summed E-state index contributed by atoms with van der Waals surface area (Å²) in [6.07, 6.45) is 2.15. The summed E-state index contributed by atoms with van der Waals surface area (Å²) in [6.45, 7) is 0.589. The zero-order valence-corrected chi connectivity index (χ0v) is 10.3. The van der Waals surface area contributed by atoms with E-state index in [2.05, 4.69) is 15.9 Å². The molecule has 0 aromatic heterocycles. The highest BCUT2D eigenvalue weighted by molar-refractivity contribution is 9.10. The van der Waals surface area contributed by atoms with Gasteiger partial charge in [0, 0.05) is 6.61 Å². The number of ketones is 1. The Morgan fingerprint density at radius 2 is 2.25 bits per heavy atom. The molecule has 0 spiro atoms. The number of halogens is 2. The van der Waals surface area contributed by atoms with Crippen molar-refractivity contribution in [1.29, 1.82) is 0 Å². The highest BCUT2D eigenvalue weighted by atomic mass is 79.9. The van der Waals surface area contributed by atoms with E-state index >= 15 is 0 Å². The van der Waals surface area contributed by atoms with Gasteiger partial charge in [-0.1, -0.05) is 6.07 Å². The van der Waals surface area contributed by atoms with Gasteiger partial charge in [0.15, 0.2) is 5.78 Å². The molecule has 1 aromatic carbocycles. The average molecular weight is 287 g/mol. The zero-order valence-electron chi connectivity index (χ0n) is 8.71. The molecule has 1 unspecified atom stereocenters. The average Bonchev–Trinajstić information content (AvgIpc) is 2.33. The van der Waals surface area contributed by atoms with E-state index in [0.29, 0.717) is 17.5 Å². The lowest BCUT2D eigenvalue weighted by Crippen LogP contribution is -2.28. The number of hydrogen-bond acceptors (Lipinski definition) is 2. The molecule has 4 heteroatoms. The first-order chi connectivity index (χ1) is 7.70. The van der Waals surface area contributed by atoms with E-state index in [4.69, 9.17) is 4.74 Å². The van der Waals surface area contributed by atoms with Crippen molar-refractivity contribution in [1.82, 2.24) is 0 Å². The lowest BCUT2D eigenvalue weighted by atomic mass is 9.99. The predicted octanol–water partition coefficient (Wildman–Crippen LogP) is 3.34. The van der Waals surface area contributed by atoms with E-state index in [0.717, 1.165) is 12.8 Å². The Labute approximate surface area is 102 Å². The molecule has 16 heavy (non-hydrogen) atoms. The number of carbonyl (C=O) groups is 1. The third-order valence-corrected chi connectivity index (χ3v) is 3.30. The van der Waals surface area contributed by atoms with Crippen molar-refractivity contribution in [2.24, 2.45) is 0 Å². The van der Waals surface area contributed by atoms with Crippen molar-refractivity contribution in [3.8, 4) is 0 Å². The molecule has 0 bridgehead atoms. The van der Waals surface area contributed by atoms with Crippen LogP contribution in [-0.4, -0.2) is 18.5 Å². The van der Waals surface area contributed by atoms with Crippen molar-refractivity contribution < 1.29 is 13.9 Å². The second-order valence-corrected chi connectivity index (χ2v) is 4.68. The van der Waals surface area contributed by atoms with Crippen LogP contribution >= 0.6 is 15.9 Å². The Balaban J connectivity index is 2.22. The molecule has 0 saturated carbocycles. The second kappa shape index (κ2) is 5.06. The van der Waals surface area contributed by atoms with Gasteiger partial charge in [-0.25, -0.2) is 4.39 Å². The normalized spacial score (nSPS) is 20.8. The van der Waals surface area contributed by atoms with Crippen LogP contribution in [0, 0.1) is 5.82 Å². The van der Waals surface area contributed by atoms with Crippen LogP contribution < -0.4 is 0 Å². The Morgan fingerprint density at radius 1 is 1.44 bits per heavy atom. The summed E-state index contributed by atoms with van der Waals surface area (Å²) in [6, 6.07) is 4.73. The quantitative estimate of drug-likeness (QED) is 0.780. The van der Waals surface area contributed by atoms with Crippen LogP contribution in [0.2, 0.25) is 0 Å². The van der Waals surface area contributed by atoms with E-state index in [1.165, 1.54) is 6.07 Å². The Hall–Kier alpha value is -0.740. The van der Waals surface area contributed by atoms with Crippen LogP contribution in [0.4, 0.5) is 4.39 Å². The topological polar surface area (TPSA) is 26.3 Å². The standard InChI is InChI=1S/C12H12BrFO2/c13-9-5-3-4-8(11(9)14)12(15)10-6-1-2-7-16-10/h3-5,10H,1-2,6-7H2. The van der Waals surface area contributed by atoms with Gasteiger partial charge >= 0.3 is 0 Å². The molecule has 1 aliphatic heterocycles. The number of rotatable bonds is 2. The van der Waals surface area contributed by atoms with E-state index in [-0.39, 0.29) is 11.3 Å². The second-order valence-electron chi connectivity index (χ2n) is 3.82. The van der Waals surface area contributed by atoms with E-state index in [9.17, 15) is 9.18 Å². The zero-order chi connectivity index (χ0) is 11.5. The van der Waals surface area contributed by atoms with Gasteiger partial charge in [0.2, 0.25) is 0 Å². The highest BCUT2D eigenvalue weighted by Gasteiger charge is 2.25. The minimum Gasteiger partial charge on any atom is -0.370 e. The summed E-state index contributed by atoms with van der Waals surface area (Å²) in [4.78, 5) is 12.0. The summed E-state index contributed by atoms with van der Waals surface area (Å²) in [5, 5.41) is 0. The van der Waals surface area contributed by atoms with Crippen LogP contribution in [0.3, 0.4) is 0 Å². The molecule has 0 aliphatic carbocycles. The van der Waals surface area contributed by atoms with Gasteiger partial charge in [-0.05, 0) is 47.3 Å². The molecule has 2 rings (SSSR count). The van der Waals surface area contributed by atoms with Crippen molar-refractivity contribution in [2.45, 2.75) is 25.4 Å². The van der Waals surface area contributed by atoms with Gasteiger partial charge in [-0.2, -0.15) is 0 Å². The van der Waals surface area contributed by atoms with Crippen LogP contribution in [0.5, 0.6) is 0 Å². The van der Waals surface area contributed by atoms with Crippen LogP contribution in [0.15, 0.2) is 22.7 Å². The van der Waals surface area contributed by atoms with Crippen molar-refractivity contribution in [3.05, 3.63) is 34.1 Å².